The molecular weight excluding hydrogens is 781 g/mol. The Morgan fingerprint density at radius 2 is 1.08 bits per heavy atom. The first-order valence-electron chi connectivity index (χ1n) is 20.6. The number of aliphatic hydroxyl groups excluding tert-OH is 6. The van der Waals surface area contributed by atoms with Crippen LogP contribution in [0.1, 0.15) is 31.9 Å². The van der Waals surface area contributed by atoms with Crippen LogP contribution in [0.2, 0.25) is 0 Å². The van der Waals surface area contributed by atoms with E-state index in [9.17, 15) is 40.9 Å². The van der Waals surface area contributed by atoms with E-state index >= 15 is 0 Å². The van der Waals surface area contributed by atoms with E-state index in [1.165, 1.54) is 13.8 Å². The Morgan fingerprint density at radius 1 is 0.484 bits per heavy atom. The van der Waals surface area contributed by atoms with Crippen molar-refractivity contribution in [2.24, 2.45) is 11.8 Å². The lowest BCUT2D eigenvalue weighted by Crippen LogP contribution is -2.65. The van der Waals surface area contributed by atoms with Crippen molar-refractivity contribution in [2.45, 2.75) is 43.5 Å². The van der Waals surface area contributed by atoms with Crippen LogP contribution in [0.4, 0.5) is 0 Å². The molecule has 9 heteroatoms. The molecule has 0 amide bonds. The maximum Gasteiger partial charge on any atom is 0.199 e. The Balaban J connectivity index is 1.28. The van der Waals surface area contributed by atoms with Crippen LogP contribution >= 0.6 is 0 Å². The zero-order valence-electron chi connectivity index (χ0n) is 33.9. The fourth-order valence-electron chi connectivity index (χ4n) is 11.7. The third kappa shape index (κ3) is 4.72. The topological polar surface area (TPSA) is 175 Å². The standard InChI is InChI=1S/C53H42O9/c1-51(35-24-23-31(30-17-8-9-18-32(30)35)34-20-11-21-36-39(34)38-29-16-7-5-13-27(29)22-25-37(38)62-36)47-41(43(54)45(56)49(58)52(47,2)60)40(33-19-10-14-26-12-4-6-15-28(26)33)42-44(55)46(57)50(59)53(3,61)48(42)51/h4-25,47-49,54-61H,1-3H3. The summed E-state index contributed by atoms with van der Waals surface area (Å²) >= 11 is 0. The smallest absolute Gasteiger partial charge is 0.199 e. The van der Waals surface area contributed by atoms with Gasteiger partial charge in [0.25, 0.3) is 0 Å². The van der Waals surface area contributed by atoms with Gasteiger partial charge < -0.3 is 45.3 Å². The number of allylic oxidation sites excluding steroid dienone is 2. The molecule has 0 aliphatic heterocycles. The van der Waals surface area contributed by atoms with Crippen molar-refractivity contribution in [1.82, 2.24) is 0 Å². The van der Waals surface area contributed by atoms with Crippen LogP contribution in [0.15, 0.2) is 178 Å². The number of fused-ring (bicyclic) bond motifs is 9. The third-order valence-corrected chi connectivity index (χ3v) is 14.2. The molecule has 308 valence electrons. The number of benzene rings is 7. The lowest BCUT2D eigenvalue weighted by Gasteiger charge is -2.60. The molecule has 0 saturated heterocycles. The molecule has 0 radical (unpaired) electrons. The van der Waals surface area contributed by atoms with Crippen molar-refractivity contribution in [1.29, 1.82) is 0 Å². The van der Waals surface area contributed by atoms with E-state index in [0.717, 1.165) is 49.0 Å². The molecule has 62 heavy (non-hydrogen) atoms. The summed E-state index contributed by atoms with van der Waals surface area (Å²) in [5, 5.41) is 103. The molecule has 0 spiro atoms. The minimum atomic E-state index is -2.33. The van der Waals surface area contributed by atoms with Crippen LogP contribution in [0, 0.1) is 11.8 Å². The lowest BCUT2D eigenvalue weighted by atomic mass is 9.44. The number of rotatable bonds is 3. The SMILES string of the molecule is CC1(O)C(O)=C(O)C(O)=C2C(c3cccc4ccccc34)=C3C(O)=C(O)C(O)C(C)(O)C3C(C)(c3ccc(-c4cccc5oc6ccc7ccccc7c6c45)c4ccccc34)C21. The molecule has 1 aromatic heterocycles. The number of furan rings is 1. The highest BCUT2D eigenvalue weighted by atomic mass is 16.4. The largest absolute Gasteiger partial charge is 0.506 e. The van der Waals surface area contributed by atoms with E-state index in [2.05, 4.69) is 12.1 Å². The fourth-order valence-corrected chi connectivity index (χ4v) is 11.7. The molecule has 0 saturated carbocycles. The molecule has 6 atom stereocenters. The minimum absolute atomic E-state index is 0.0193. The Bertz CT molecular complexity index is 3410. The van der Waals surface area contributed by atoms with Gasteiger partial charge >= 0.3 is 0 Å². The van der Waals surface area contributed by atoms with Gasteiger partial charge in [-0.25, -0.2) is 0 Å². The van der Waals surface area contributed by atoms with Gasteiger partial charge in [0.05, 0.1) is 0 Å². The Morgan fingerprint density at radius 3 is 1.82 bits per heavy atom. The number of hydrogen-bond donors (Lipinski definition) is 8. The maximum atomic E-state index is 12.8. The van der Waals surface area contributed by atoms with Gasteiger partial charge in [-0.3, -0.25) is 0 Å². The second-order valence-corrected chi connectivity index (χ2v) is 17.6. The molecule has 3 aliphatic rings. The highest BCUT2D eigenvalue weighted by Gasteiger charge is 2.68. The van der Waals surface area contributed by atoms with Crippen molar-refractivity contribution < 1.29 is 45.3 Å². The summed E-state index contributed by atoms with van der Waals surface area (Å²) in [5.74, 6) is -6.90. The van der Waals surface area contributed by atoms with Crippen molar-refractivity contribution in [3.8, 4) is 11.1 Å². The molecule has 8 aromatic rings. The molecule has 3 aliphatic carbocycles. The summed E-state index contributed by atoms with van der Waals surface area (Å²) in [6, 6.07) is 42.5. The molecule has 0 bridgehead atoms. The van der Waals surface area contributed by atoms with Crippen LogP contribution in [0.5, 0.6) is 0 Å². The van der Waals surface area contributed by atoms with Gasteiger partial charge in [0.1, 0.15) is 28.5 Å². The van der Waals surface area contributed by atoms with E-state index in [4.69, 9.17) is 4.42 Å². The van der Waals surface area contributed by atoms with Gasteiger partial charge in [0, 0.05) is 39.2 Å². The van der Waals surface area contributed by atoms with Crippen LogP contribution in [0.25, 0.3) is 71.0 Å². The molecule has 7 aromatic carbocycles. The summed E-state index contributed by atoms with van der Waals surface area (Å²) in [7, 11) is 0. The predicted molar refractivity (Wildman–Crippen MR) is 241 cm³/mol. The van der Waals surface area contributed by atoms with Gasteiger partial charge in [-0.05, 0) is 86.1 Å². The van der Waals surface area contributed by atoms with Crippen molar-refractivity contribution in [2.75, 3.05) is 0 Å². The molecule has 1 heterocycles. The second-order valence-electron chi connectivity index (χ2n) is 17.6. The average molecular weight is 823 g/mol. The first-order chi connectivity index (χ1) is 29.7. The fraction of sp³-hybridized carbons (Fsp3) is 0.170. The molecule has 9 nitrogen and oxygen atoms in total. The summed E-state index contributed by atoms with van der Waals surface area (Å²) in [6.07, 6.45) is -2.00. The van der Waals surface area contributed by atoms with E-state index < -0.39 is 63.4 Å². The summed E-state index contributed by atoms with van der Waals surface area (Å²) in [6.45, 7) is 4.47. The van der Waals surface area contributed by atoms with E-state index in [0.29, 0.717) is 27.5 Å². The van der Waals surface area contributed by atoms with Crippen molar-refractivity contribution >= 4 is 59.8 Å². The van der Waals surface area contributed by atoms with Gasteiger partial charge in [-0.2, -0.15) is 0 Å². The molecule has 6 unspecified atom stereocenters. The third-order valence-electron chi connectivity index (χ3n) is 14.2. The minimum Gasteiger partial charge on any atom is -0.506 e. The van der Waals surface area contributed by atoms with E-state index in [1.54, 1.807) is 19.1 Å². The van der Waals surface area contributed by atoms with Crippen LogP contribution in [0.3, 0.4) is 0 Å². The van der Waals surface area contributed by atoms with Crippen molar-refractivity contribution in [3.05, 3.63) is 185 Å². The summed E-state index contributed by atoms with van der Waals surface area (Å²) in [4.78, 5) is 0. The summed E-state index contributed by atoms with van der Waals surface area (Å²) in [5.41, 5.74) is -2.01. The van der Waals surface area contributed by atoms with Gasteiger partial charge in [0.15, 0.2) is 28.8 Å². The van der Waals surface area contributed by atoms with Gasteiger partial charge in [0.2, 0.25) is 0 Å². The maximum absolute atomic E-state index is 12.8. The first kappa shape index (κ1) is 37.9. The predicted octanol–water partition coefficient (Wildman–Crippen LogP) is 11.0. The summed E-state index contributed by atoms with van der Waals surface area (Å²) < 4.78 is 6.45. The first-order valence-corrected chi connectivity index (χ1v) is 20.6. The van der Waals surface area contributed by atoms with Crippen molar-refractivity contribution in [3.63, 3.8) is 0 Å². The lowest BCUT2D eigenvalue weighted by molar-refractivity contribution is -0.137. The zero-order valence-corrected chi connectivity index (χ0v) is 33.9. The highest BCUT2D eigenvalue weighted by Crippen LogP contribution is 2.67. The molecular formula is C53H42O9. The van der Waals surface area contributed by atoms with Crippen LogP contribution < -0.4 is 0 Å². The Hall–Kier alpha value is -7.04. The number of hydrogen-bond acceptors (Lipinski definition) is 9. The molecule has 0 fully saturated rings. The highest BCUT2D eigenvalue weighted by molar-refractivity contribution is 6.24. The normalized spacial score (nSPS) is 26.6. The van der Waals surface area contributed by atoms with E-state index in [1.807, 2.05) is 109 Å². The molecule has 8 N–H and O–H groups in total. The van der Waals surface area contributed by atoms with E-state index in [-0.39, 0.29) is 16.7 Å². The second kappa shape index (κ2) is 12.7. The van der Waals surface area contributed by atoms with Gasteiger partial charge in [-0.15, -0.1) is 0 Å². The monoisotopic (exact) mass is 822 g/mol. The van der Waals surface area contributed by atoms with Gasteiger partial charge in [-0.1, -0.05) is 128 Å². The van der Waals surface area contributed by atoms with Crippen LogP contribution in [-0.4, -0.2) is 58.2 Å². The quantitative estimate of drug-likeness (QED) is 0.0862. The Labute approximate surface area is 355 Å². The molecule has 11 rings (SSSR count). The van der Waals surface area contributed by atoms with Crippen LogP contribution in [-0.2, 0) is 5.41 Å². The number of aliphatic hydroxyl groups is 8. The zero-order chi connectivity index (χ0) is 43.2. The Kier molecular flexibility index (Phi) is 7.80. The average Bonchev–Trinajstić information content (AvgIpc) is 3.68.